The Hall–Kier alpha value is -2.64. The molecule has 0 aromatic heterocycles. The minimum absolute atomic E-state index is 0.0162. The smallest absolute Gasteiger partial charge is 0.269 e. The van der Waals surface area contributed by atoms with Crippen molar-refractivity contribution in [2.24, 2.45) is 15.8 Å². The zero-order valence-corrected chi connectivity index (χ0v) is 11.9. The van der Waals surface area contributed by atoms with Crippen LogP contribution < -0.4 is 5.73 Å². The first-order valence-corrected chi connectivity index (χ1v) is 5.83. The van der Waals surface area contributed by atoms with E-state index in [1.54, 1.807) is 50.2 Å². The molecule has 0 radical (unpaired) electrons. The van der Waals surface area contributed by atoms with E-state index in [1.165, 1.54) is 12.1 Å². The summed E-state index contributed by atoms with van der Waals surface area (Å²) in [5, 5.41) is 16.5. The van der Waals surface area contributed by atoms with Gasteiger partial charge in [0, 0.05) is 45.9 Å². The van der Waals surface area contributed by atoms with Crippen LogP contribution in [0.5, 0.6) is 0 Å². The van der Waals surface area contributed by atoms with Crippen LogP contribution in [-0.4, -0.2) is 54.8 Å². The molecule has 0 heterocycles. The number of hydrogen-bond donors (Lipinski definition) is 1. The van der Waals surface area contributed by atoms with Crippen molar-refractivity contribution in [3.05, 3.63) is 39.9 Å². The number of nitro groups is 1. The van der Waals surface area contributed by atoms with Gasteiger partial charge in [-0.1, -0.05) is 0 Å². The number of nitro benzene ring substituents is 1. The van der Waals surface area contributed by atoms with Gasteiger partial charge in [-0.2, -0.15) is 10.1 Å². The summed E-state index contributed by atoms with van der Waals surface area (Å²) in [4.78, 5) is 16.1. The summed E-state index contributed by atoms with van der Waals surface area (Å²) < 4.78 is 0. The van der Waals surface area contributed by atoms with Crippen molar-refractivity contribution in [1.29, 1.82) is 0 Å². The summed E-state index contributed by atoms with van der Waals surface area (Å²) in [6, 6.07) is 5.99. The van der Waals surface area contributed by atoms with E-state index in [-0.39, 0.29) is 5.69 Å². The van der Waals surface area contributed by atoms with Crippen molar-refractivity contribution in [2.75, 3.05) is 28.2 Å². The number of nitrogens with two attached hydrogens (primary N) is 1. The Bertz CT molecular complexity index is 533. The van der Waals surface area contributed by atoms with Crippen molar-refractivity contribution in [3.8, 4) is 0 Å². The summed E-state index contributed by atoms with van der Waals surface area (Å²) in [5.41, 5.74) is 6.44. The minimum atomic E-state index is -0.454. The van der Waals surface area contributed by atoms with E-state index in [4.69, 9.17) is 5.73 Å². The number of nitrogens with zero attached hydrogens (tertiary/aromatic N) is 5. The summed E-state index contributed by atoms with van der Waals surface area (Å²) in [5.74, 6) is 0.681. The third-order valence-corrected chi connectivity index (χ3v) is 2.31. The number of benzene rings is 1. The number of rotatable bonds is 3. The number of guanidine groups is 1. The molecular weight excluding hydrogens is 260 g/mol. The lowest BCUT2D eigenvalue weighted by atomic mass is 10.2. The van der Waals surface area contributed by atoms with Crippen LogP contribution in [0.15, 0.2) is 34.4 Å². The van der Waals surface area contributed by atoms with E-state index >= 15 is 0 Å². The van der Waals surface area contributed by atoms with Gasteiger partial charge >= 0.3 is 0 Å². The highest BCUT2D eigenvalue weighted by Crippen LogP contribution is 2.13. The molecule has 1 aromatic rings. The zero-order chi connectivity index (χ0) is 15.3. The van der Waals surface area contributed by atoms with Crippen molar-refractivity contribution in [1.82, 2.24) is 9.91 Å². The molecule has 0 bridgehead atoms. The number of hydrogen-bond acceptors (Lipinski definition) is 4. The average Bonchev–Trinajstić information content (AvgIpc) is 2.37. The molecule has 2 N–H and O–H groups in total. The van der Waals surface area contributed by atoms with Gasteiger partial charge in [0.2, 0.25) is 0 Å². The molecule has 0 amide bonds. The molecule has 1 aromatic carbocycles. The van der Waals surface area contributed by atoms with Crippen LogP contribution in [0.2, 0.25) is 0 Å². The normalized spacial score (nSPS) is 12.2. The van der Waals surface area contributed by atoms with Crippen molar-refractivity contribution >= 4 is 17.5 Å². The van der Waals surface area contributed by atoms with Gasteiger partial charge < -0.3 is 15.6 Å². The van der Waals surface area contributed by atoms with Crippen molar-refractivity contribution < 1.29 is 4.92 Å². The molecular formula is C12H18N6O2. The Morgan fingerprint density at radius 1 is 1.20 bits per heavy atom. The number of aliphatic imine (C=N–C) groups is 1. The summed E-state index contributed by atoms with van der Waals surface area (Å²) in [7, 11) is 7.05. The third-order valence-electron chi connectivity index (χ3n) is 2.31. The molecule has 0 fully saturated rings. The molecule has 0 saturated carbocycles. The van der Waals surface area contributed by atoms with E-state index in [9.17, 15) is 10.1 Å². The second kappa shape index (κ2) is 6.50. The predicted molar refractivity (Wildman–Crippen MR) is 78.6 cm³/mol. The third kappa shape index (κ3) is 4.23. The fraction of sp³-hybridized carbons (Fsp3) is 0.333. The summed E-state index contributed by atoms with van der Waals surface area (Å²) >= 11 is 0. The Kier molecular flexibility index (Phi) is 5.01. The SMILES string of the molecule is CN(C)/N=C(/N=C(N)N(C)C)c1ccc([N+](=O)[O-])cc1. The largest absolute Gasteiger partial charge is 0.369 e. The minimum Gasteiger partial charge on any atom is -0.369 e. The van der Waals surface area contributed by atoms with Crippen LogP contribution in [0, 0.1) is 10.1 Å². The first-order chi connectivity index (χ1) is 9.31. The first-order valence-electron chi connectivity index (χ1n) is 5.83. The van der Waals surface area contributed by atoms with Gasteiger partial charge in [0.25, 0.3) is 5.69 Å². The summed E-state index contributed by atoms with van der Waals surface area (Å²) in [6.07, 6.45) is 0. The number of amidine groups is 1. The molecule has 8 heteroatoms. The van der Waals surface area contributed by atoms with Crippen LogP contribution in [0.3, 0.4) is 0 Å². The lowest BCUT2D eigenvalue weighted by Crippen LogP contribution is -2.31. The molecule has 0 atom stereocenters. The second-order valence-electron chi connectivity index (χ2n) is 4.44. The first kappa shape index (κ1) is 15.4. The maximum Gasteiger partial charge on any atom is 0.269 e. The number of non-ortho nitro benzene ring substituents is 1. The molecule has 0 unspecified atom stereocenters. The van der Waals surface area contributed by atoms with Gasteiger partial charge in [-0.3, -0.25) is 10.1 Å². The van der Waals surface area contributed by atoms with Gasteiger partial charge in [0.1, 0.15) is 0 Å². The Morgan fingerprint density at radius 2 is 1.75 bits per heavy atom. The predicted octanol–water partition coefficient (Wildman–Crippen LogP) is 0.694. The Morgan fingerprint density at radius 3 is 2.15 bits per heavy atom. The molecule has 108 valence electrons. The maximum atomic E-state index is 10.6. The second-order valence-corrected chi connectivity index (χ2v) is 4.44. The number of hydrazone groups is 1. The molecule has 20 heavy (non-hydrogen) atoms. The average molecular weight is 278 g/mol. The maximum absolute atomic E-state index is 10.6. The summed E-state index contributed by atoms with van der Waals surface area (Å²) in [6.45, 7) is 0. The Balaban J connectivity index is 3.18. The highest BCUT2D eigenvalue weighted by molar-refractivity contribution is 6.05. The molecule has 1 rings (SSSR count). The lowest BCUT2D eigenvalue weighted by molar-refractivity contribution is -0.384. The molecule has 0 aliphatic rings. The molecule has 8 nitrogen and oxygen atoms in total. The lowest BCUT2D eigenvalue weighted by Gasteiger charge is -2.12. The fourth-order valence-corrected chi connectivity index (χ4v) is 1.27. The van der Waals surface area contributed by atoms with E-state index < -0.39 is 4.92 Å². The zero-order valence-electron chi connectivity index (χ0n) is 11.9. The van der Waals surface area contributed by atoms with Crippen molar-refractivity contribution in [3.63, 3.8) is 0 Å². The molecule has 0 saturated heterocycles. The van der Waals surface area contributed by atoms with Crippen LogP contribution in [0.25, 0.3) is 0 Å². The van der Waals surface area contributed by atoms with Crippen LogP contribution in [0.4, 0.5) is 5.69 Å². The standard InChI is InChI=1S/C12H18N6O2/c1-16(2)12(13)14-11(15-17(3)4)9-5-7-10(8-6-9)18(19)20/h5-8H,1-4H3,(H2,13,14,15). The van der Waals surface area contributed by atoms with Crippen LogP contribution in [0.1, 0.15) is 5.56 Å². The molecule has 0 aliphatic carbocycles. The fourth-order valence-electron chi connectivity index (χ4n) is 1.27. The van der Waals surface area contributed by atoms with Crippen molar-refractivity contribution in [2.45, 2.75) is 0 Å². The molecule has 0 aliphatic heterocycles. The van der Waals surface area contributed by atoms with E-state index in [0.717, 1.165) is 0 Å². The van der Waals surface area contributed by atoms with Crippen LogP contribution >= 0.6 is 0 Å². The van der Waals surface area contributed by atoms with Gasteiger partial charge in [0.05, 0.1) is 4.92 Å². The van der Waals surface area contributed by atoms with Crippen LogP contribution in [-0.2, 0) is 0 Å². The monoisotopic (exact) mass is 278 g/mol. The highest BCUT2D eigenvalue weighted by Gasteiger charge is 2.09. The van der Waals surface area contributed by atoms with Gasteiger partial charge in [0.15, 0.2) is 11.8 Å². The Labute approximate surface area is 117 Å². The quantitative estimate of drug-likeness (QED) is 0.379. The van der Waals surface area contributed by atoms with E-state index in [1.807, 2.05) is 0 Å². The van der Waals surface area contributed by atoms with Gasteiger partial charge in [-0.15, -0.1) is 0 Å². The topological polar surface area (TPSA) is 100 Å². The molecule has 0 spiro atoms. The van der Waals surface area contributed by atoms with Gasteiger partial charge in [-0.05, 0) is 12.1 Å². The highest BCUT2D eigenvalue weighted by atomic mass is 16.6. The van der Waals surface area contributed by atoms with E-state index in [0.29, 0.717) is 17.4 Å². The van der Waals surface area contributed by atoms with E-state index in [2.05, 4.69) is 10.1 Å². The van der Waals surface area contributed by atoms with Gasteiger partial charge in [-0.25, -0.2) is 0 Å².